The maximum absolute atomic E-state index is 12.1. The van der Waals surface area contributed by atoms with Crippen molar-refractivity contribution >= 4 is 70.3 Å². The van der Waals surface area contributed by atoms with Crippen LogP contribution in [0.2, 0.25) is 0 Å². The summed E-state index contributed by atoms with van der Waals surface area (Å²) in [5.74, 6) is -0.438. The van der Waals surface area contributed by atoms with E-state index >= 15 is 0 Å². The van der Waals surface area contributed by atoms with E-state index in [0.717, 1.165) is 9.99 Å². The van der Waals surface area contributed by atoms with Crippen LogP contribution in [0.3, 0.4) is 0 Å². The molecule has 2 N–H and O–H groups in total. The number of azo groups is 1. The number of carbonyl (C=O) groups is 1. The summed E-state index contributed by atoms with van der Waals surface area (Å²) in [6.07, 6.45) is 0.644. The highest BCUT2D eigenvalue weighted by atomic mass is 79.9. The summed E-state index contributed by atoms with van der Waals surface area (Å²) in [4.78, 5) is 14.9. The van der Waals surface area contributed by atoms with E-state index in [0.29, 0.717) is 11.8 Å². The average Bonchev–Trinajstić information content (AvgIpc) is 2.76. The molecule has 0 bridgehead atoms. The highest BCUT2D eigenvalue weighted by Gasteiger charge is 2.67. The topological polar surface area (TPSA) is 77.8 Å². The SMILES string of the molecule is C[C@@]1(C(=O)N=Nc2c(O)[nH]c3cc(Br)ccc23)CC1(Br)Br. The van der Waals surface area contributed by atoms with Crippen molar-refractivity contribution in [3.63, 3.8) is 0 Å². The zero-order valence-corrected chi connectivity index (χ0v) is 15.6. The van der Waals surface area contributed by atoms with E-state index in [1.54, 1.807) is 6.07 Å². The van der Waals surface area contributed by atoms with Crippen LogP contribution in [-0.4, -0.2) is 19.2 Å². The third-order valence-corrected chi connectivity index (χ3v) is 6.49. The lowest BCUT2D eigenvalue weighted by Crippen LogP contribution is -2.14. The Hall–Kier alpha value is -0.730. The van der Waals surface area contributed by atoms with Crippen molar-refractivity contribution in [2.24, 2.45) is 15.6 Å². The standard InChI is InChI=1S/C13H10Br3N3O2/c1-12(5-13(12,15)16)11(21)19-18-9-7-3-2-6(14)4-8(7)17-10(9)20/h2-4,17,20H,5H2,1H3/t12-/m0/s1. The Morgan fingerprint density at radius 1 is 1.43 bits per heavy atom. The van der Waals surface area contributed by atoms with Crippen LogP contribution in [0.1, 0.15) is 13.3 Å². The lowest BCUT2D eigenvalue weighted by molar-refractivity contribution is -0.122. The van der Waals surface area contributed by atoms with E-state index in [9.17, 15) is 9.90 Å². The molecule has 0 spiro atoms. The zero-order chi connectivity index (χ0) is 15.4. The molecule has 1 atom stereocenters. The van der Waals surface area contributed by atoms with Gasteiger partial charge in [0.1, 0.15) is 0 Å². The lowest BCUT2D eigenvalue weighted by atomic mass is 10.1. The van der Waals surface area contributed by atoms with Crippen LogP contribution < -0.4 is 0 Å². The Labute approximate surface area is 145 Å². The Morgan fingerprint density at radius 3 is 2.71 bits per heavy atom. The fourth-order valence-electron chi connectivity index (χ4n) is 2.08. The first-order valence-corrected chi connectivity index (χ1v) is 8.47. The molecule has 110 valence electrons. The molecule has 1 aliphatic carbocycles. The first kappa shape index (κ1) is 15.2. The summed E-state index contributed by atoms with van der Waals surface area (Å²) in [7, 11) is 0. The minimum atomic E-state index is -0.610. The number of hydrogen-bond acceptors (Lipinski definition) is 3. The van der Waals surface area contributed by atoms with Crippen molar-refractivity contribution in [2.75, 3.05) is 0 Å². The van der Waals surface area contributed by atoms with E-state index in [1.165, 1.54) is 0 Å². The van der Waals surface area contributed by atoms with Crippen molar-refractivity contribution in [2.45, 2.75) is 16.6 Å². The molecule has 0 unspecified atom stereocenters. The van der Waals surface area contributed by atoms with Crippen LogP contribution in [0.25, 0.3) is 10.9 Å². The fraction of sp³-hybridized carbons (Fsp3) is 0.308. The number of benzene rings is 1. The number of fused-ring (bicyclic) bond motifs is 1. The van der Waals surface area contributed by atoms with Crippen LogP contribution in [0, 0.1) is 5.41 Å². The minimum absolute atomic E-state index is 0.107. The Balaban J connectivity index is 1.94. The van der Waals surface area contributed by atoms with Crippen LogP contribution in [0.4, 0.5) is 5.69 Å². The van der Waals surface area contributed by atoms with E-state index in [4.69, 9.17) is 0 Å². The number of rotatable bonds is 2. The highest BCUT2D eigenvalue weighted by Crippen LogP contribution is 2.66. The fourth-order valence-corrected chi connectivity index (χ4v) is 3.90. The summed E-state index contributed by atoms with van der Waals surface area (Å²) in [5.41, 5.74) is 0.377. The van der Waals surface area contributed by atoms with Crippen LogP contribution in [-0.2, 0) is 4.79 Å². The van der Waals surface area contributed by atoms with Gasteiger partial charge in [0.25, 0.3) is 5.91 Å². The second-order valence-corrected chi connectivity index (χ2v) is 9.92. The number of H-pyrrole nitrogens is 1. The van der Waals surface area contributed by atoms with E-state index in [2.05, 4.69) is 63.0 Å². The molecule has 1 aromatic heterocycles. The number of carbonyl (C=O) groups excluding carboxylic acids is 1. The molecule has 0 aliphatic heterocycles. The molecule has 2 aromatic rings. The molecule has 1 fully saturated rings. The summed E-state index contributed by atoms with van der Waals surface area (Å²) in [6.45, 7) is 1.81. The number of aromatic hydroxyl groups is 1. The smallest absolute Gasteiger partial charge is 0.272 e. The third-order valence-electron chi connectivity index (χ3n) is 3.68. The van der Waals surface area contributed by atoms with Gasteiger partial charge in [0.05, 0.1) is 14.2 Å². The monoisotopic (exact) mass is 477 g/mol. The van der Waals surface area contributed by atoms with Crippen LogP contribution in [0.15, 0.2) is 32.9 Å². The summed E-state index contributed by atoms with van der Waals surface area (Å²) in [6, 6.07) is 5.45. The molecule has 1 aromatic carbocycles. The Morgan fingerprint density at radius 2 is 2.10 bits per heavy atom. The van der Waals surface area contributed by atoms with Crippen LogP contribution >= 0.6 is 47.8 Å². The lowest BCUT2D eigenvalue weighted by Gasteiger charge is -2.05. The number of aromatic nitrogens is 1. The van der Waals surface area contributed by atoms with E-state index in [1.807, 2.05) is 19.1 Å². The number of halogens is 3. The van der Waals surface area contributed by atoms with Crippen molar-refractivity contribution in [3.8, 4) is 5.88 Å². The van der Waals surface area contributed by atoms with Gasteiger partial charge in [-0.15, -0.1) is 10.2 Å². The van der Waals surface area contributed by atoms with Gasteiger partial charge in [0.15, 0.2) is 5.69 Å². The molecule has 1 amide bonds. The molecule has 3 rings (SSSR count). The molecule has 0 saturated heterocycles. The maximum atomic E-state index is 12.1. The van der Waals surface area contributed by atoms with Gasteiger partial charge in [-0.25, -0.2) is 0 Å². The average molecular weight is 480 g/mol. The van der Waals surface area contributed by atoms with Gasteiger partial charge in [-0.05, 0) is 31.5 Å². The zero-order valence-electron chi connectivity index (χ0n) is 10.8. The molecule has 5 nitrogen and oxygen atoms in total. The third kappa shape index (κ3) is 2.47. The van der Waals surface area contributed by atoms with Gasteiger partial charge in [-0.3, -0.25) is 4.79 Å². The molecule has 1 saturated carbocycles. The van der Waals surface area contributed by atoms with Crippen molar-refractivity contribution in [3.05, 3.63) is 22.7 Å². The van der Waals surface area contributed by atoms with Gasteiger partial charge < -0.3 is 10.1 Å². The van der Waals surface area contributed by atoms with Crippen molar-refractivity contribution in [1.82, 2.24) is 4.98 Å². The summed E-state index contributed by atoms with van der Waals surface area (Å²) >= 11 is 10.2. The second-order valence-electron chi connectivity index (χ2n) is 5.23. The predicted octanol–water partition coefficient (Wildman–Crippen LogP) is 5.14. The van der Waals surface area contributed by atoms with Gasteiger partial charge in [0, 0.05) is 9.86 Å². The second kappa shape index (κ2) is 4.89. The normalized spacial score (nSPS) is 23.8. The maximum Gasteiger partial charge on any atom is 0.272 e. The molecule has 21 heavy (non-hydrogen) atoms. The van der Waals surface area contributed by atoms with Crippen LogP contribution in [0.5, 0.6) is 5.88 Å². The van der Waals surface area contributed by atoms with Gasteiger partial charge in [-0.1, -0.05) is 47.8 Å². The minimum Gasteiger partial charge on any atom is -0.493 e. The number of hydrogen-bond donors (Lipinski definition) is 2. The van der Waals surface area contributed by atoms with E-state index in [-0.39, 0.29) is 17.5 Å². The molecular formula is C13H10Br3N3O2. The number of amides is 1. The largest absolute Gasteiger partial charge is 0.493 e. The summed E-state index contributed by atoms with van der Waals surface area (Å²) in [5, 5.41) is 18.3. The van der Waals surface area contributed by atoms with Crippen molar-refractivity contribution < 1.29 is 9.90 Å². The molecule has 1 aliphatic rings. The Bertz CT molecular complexity index is 784. The Kier molecular flexibility index (Phi) is 3.53. The van der Waals surface area contributed by atoms with E-state index < -0.39 is 8.65 Å². The van der Waals surface area contributed by atoms with Gasteiger partial charge >= 0.3 is 0 Å². The molecule has 1 heterocycles. The molecular weight excluding hydrogens is 470 g/mol. The van der Waals surface area contributed by atoms with Crippen molar-refractivity contribution in [1.29, 1.82) is 0 Å². The first-order valence-electron chi connectivity index (χ1n) is 6.09. The number of nitrogens with one attached hydrogen (secondary N) is 1. The quantitative estimate of drug-likeness (QED) is 0.462. The molecule has 8 heteroatoms. The predicted molar refractivity (Wildman–Crippen MR) is 90.5 cm³/mol. The number of alkyl halides is 2. The van der Waals surface area contributed by atoms with Gasteiger partial charge in [0.2, 0.25) is 5.88 Å². The highest BCUT2D eigenvalue weighted by molar-refractivity contribution is 9.25. The molecule has 0 radical (unpaired) electrons. The first-order chi connectivity index (χ1) is 9.74. The van der Waals surface area contributed by atoms with Gasteiger partial charge in [-0.2, -0.15) is 0 Å². The number of nitrogens with zero attached hydrogens (tertiary/aromatic N) is 2. The number of aromatic amines is 1. The summed E-state index contributed by atoms with van der Waals surface area (Å²) < 4.78 is 0.473.